The van der Waals surface area contributed by atoms with E-state index in [-0.39, 0.29) is 17.6 Å². The fourth-order valence-electron chi connectivity index (χ4n) is 4.51. The van der Waals surface area contributed by atoms with E-state index < -0.39 is 0 Å². The van der Waals surface area contributed by atoms with E-state index >= 15 is 0 Å². The molecule has 1 heterocycles. The maximum absolute atomic E-state index is 10.6. The minimum atomic E-state index is -0.262. The second-order valence-corrected chi connectivity index (χ2v) is 7.87. The van der Waals surface area contributed by atoms with E-state index in [1.807, 2.05) is 6.07 Å². The molecule has 0 bridgehead atoms. The van der Waals surface area contributed by atoms with Gasteiger partial charge in [0.25, 0.3) is 0 Å². The zero-order valence-corrected chi connectivity index (χ0v) is 14.6. The molecule has 3 atom stereocenters. The number of ether oxygens (including phenoxy) is 1. The van der Waals surface area contributed by atoms with E-state index in [1.165, 1.54) is 12.8 Å². The quantitative estimate of drug-likeness (QED) is 0.801. The molecule has 3 rings (SSSR count). The van der Waals surface area contributed by atoms with Crippen LogP contribution in [-0.4, -0.2) is 21.9 Å². The highest BCUT2D eigenvalue weighted by atomic mass is 16.5. The number of aromatic hydroxyl groups is 1. The van der Waals surface area contributed by atoms with E-state index in [4.69, 9.17) is 4.74 Å². The summed E-state index contributed by atoms with van der Waals surface area (Å²) in [4.78, 5) is 0. The molecule has 1 aliphatic heterocycles. The zero-order chi connectivity index (χ0) is 16.6. The highest BCUT2D eigenvalue weighted by molar-refractivity contribution is 5.52. The largest absolute Gasteiger partial charge is 0.508 e. The van der Waals surface area contributed by atoms with Gasteiger partial charge in [-0.1, -0.05) is 19.8 Å². The molecule has 128 valence electrons. The number of phenols is 1. The van der Waals surface area contributed by atoms with Crippen molar-refractivity contribution in [3.05, 3.63) is 23.3 Å². The summed E-state index contributed by atoms with van der Waals surface area (Å²) in [7, 11) is 0. The number of aliphatic hydroxyl groups excluding tert-OH is 1. The lowest BCUT2D eigenvalue weighted by atomic mass is 9.66. The van der Waals surface area contributed by atoms with Gasteiger partial charge in [0.2, 0.25) is 0 Å². The molecule has 0 amide bonds. The molecule has 2 aliphatic rings. The molecular weight excluding hydrogens is 288 g/mol. The topological polar surface area (TPSA) is 49.7 Å². The van der Waals surface area contributed by atoms with Crippen LogP contribution < -0.4 is 4.74 Å². The van der Waals surface area contributed by atoms with Gasteiger partial charge in [0, 0.05) is 17.4 Å². The van der Waals surface area contributed by atoms with Crippen LogP contribution in [0.1, 0.15) is 76.3 Å². The summed E-state index contributed by atoms with van der Waals surface area (Å²) >= 11 is 0. The van der Waals surface area contributed by atoms with Crippen LogP contribution in [-0.2, 0) is 6.42 Å². The monoisotopic (exact) mass is 318 g/mol. The van der Waals surface area contributed by atoms with Crippen molar-refractivity contribution in [3.8, 4) is 11.5 Å². The number of phenolic OH excluding ortho intramolecular Hbond substituents is 1. The van der Waals surface area contributed by atoms with Crippen LogP contribution in [0.5, 0.6) is 11.5 Å². The number of rotatable bonds is 4. The van der Waals surface area contributed by atoms with Crippen molar-refractivity contribution in [2.24, 2.45) is 5.92 Å². The summed E-state index contributed by atoms with van der Waals surface area (Å²) < 4.78 is 6.31. The van der Waals surface area contributed by atoms with Crippen molar-refractivity contribution < 1.29 is 14.9 Å². The molecule has 1 aromatic carbocycles. The van der Waals surface area contributed by atoms with E-state index in [0.717, 1.165) is 49.0 Å². The first-order valence-corrected chi connectivity index (χ1v) is 9.15. The summed E-state index contributed by atoms with van der Waals surface area (Å²) in [6.45, 7) is 6.49. The lowest BCUT2D eigenvalue weighted by Gasteiger charge is -2.48. The predicted octanol–water partition coefficient (Wildman–Crippen LogP) is 4.54. The maximum atomic E-state index is 10.6. The molecule has 0 aromatic heterocycles. The Morgan fingerprint density at radius 1 is 1.22 bits per heavy atom. The number of hydrogen-bond donors (Lipinski definition) is 2. The number of benzene rings is 1. The Hall–Kier alpha value is -1.22. The number of fused-ring (bicyclic) bond motifs is 3. The van der Waals surface area contributed by atoms with Gasteiger partial charge in [-0.15, -0.1) is 0 Å². The molecule has 1 saturated carbocycles. The van der Waals surface area contributed by atoms with Crippen LogP contribution in [0.2, 0.25) is 0 Å². The first-order valence-electron chi connectivity index (χ1n) is 9.15. The van der Waals surface area contributed by atoms with Crippen LogP contribution in [0.25, 0.3) is 0 Å². The van der Waals surface area contributed by atoms with Crippen molar-refractivity contribution in [3.63, 3.8) is 0 Å². The molecule has 1 fully saturated rings. The molecule has 3 nitrogen and oxygen atoms in total. The average Bonchev–Trinajstić information content (AvgIpc) is 2.46. The standard InChI is InChI=1S/C20H30O3/c1-4-5-6-7-13-10-17(22)19-15-12-14(21)8-9-16(15)20(2,3)23-18(19)11-13/h10-11,14-16,21-22H,4-9,12H2,1-3H3/t14-,15-,16-/m0/s1. The number of unbranched alkanes of at least 4 members (excludes halogenated alkanes) is 2. The summed E-state index contributed by atoms with van der Waals surface area (Å²) in [5, 5.41) is 20.7. The Bertz CT molecular complexity index is 564. The van der Waals surface area contributed by atoms with Crippen molar-refractivity contribution in [2.75, 3.05) is 0 Å². The molecule has 0 spiro atoms. The molecule has 0 unspecified atom stereocenters. The predicted molar refractivity (Wildman–Crippen MR) is 92.1 cm³/mol. The third-order valence-electron chi connectivity index (χ3n) is 5.71. The highest BCUT2D eigenvalue weighted by Gasteiger charge is 2.47. The molecule has 0 radical (unpaired) electrons. The third-order valence-corrected chi connectivity index (χ3v) is 5.71. The first-order chi connectivity index (χ1) is 10.9. The van der Waals surface area contributed by atoms with Gasteiger partial charge in [-0.2, -0.15) is 0 Å². The van der Waals surface area contributed by atoms with E-state index in [0.29, 0.717) is 11.7 Å². The van der Waals surface area contributed by atoms with E-state index in [1.54, 1.807) is 0 Å². The molecule has 23 heavy (non-hydrogen) atoms. The lowest BCUT2D eigenvalue weighted by molar-refractivity contribution is -0.0317. The molecule has 3 heteroatoms. The first kappa shape index (κ1) is 16.6. The second kappa shape index (κ2) is 6.35. The van der Waals surface area contributed by atoms with Gasteiger partial charge in [-0.3, -0.25) is 0 Å². The Labute approximate surface area is 139 Å². The SMILES string of the molecule is CCCCCc1cc(O)c2c(c1)OC(C)(C)[C@H]1CC[C@H](O)C[C@H]21. The normalized spacial score (nSPS) is 28.6. The van der Waals surface area contributed by atoms with Gasteiger partial charge in [0.15, 0.2) is 0 Å². The summed E-state index contributed by atoms with van der Waals surface area (Å²) in [6.07, 6.45) is 6.78. The molecule has 1 aromatic rings. The Balaban J connectivity index is 1.94. The van der Waals surface area contributed by atoms with Crippen LogP contribution in [0.3, 0.4) is 0 Å². The maximum Gasteiger partial charge on any atom is 0.127 e. The number of aliphatic hydroxyl groups is 1. The Morgan fingerprint density at radius 3 is 2.74 bits per heavy atom. The van der Waals surface area contributed by atoms with Gasteiger partial charge in [0.05, 0.1) is 6.10 Å². The summed E-state index contributed by atoms with van der Waals surface area (Å²) in [6, 6.07) is 4.03. The second-order valence-electron chi connectivity index (χ2n) is 7.87. The van der Waals surface area contributed by atoms with E-state index in [9.17, 15) is 10.2 Å². The molecule has 2 N–H and O–H groups in total. The Kier molecular flexibility index (Phi) is 4.59. The van der Waals surface area contributed by atoms with Gasteiger partial charge >= 0.3 is 0 Å². The summed E-state index contributed by atoms with van der Waals surface area (Å²) in [5.74, 6) is 1.74. The van der Waals surface area contributed by atoms with Crippen LogP contribution in [0, 0.1) is 5.92 Å². The number of hydrogen-bond acceptors (Lipinski definition) is 3. The number of aryl methyl sites for hydroxylation is 1. The fraction of sp³-hybridized carbons (Fsp3) is 0.700. The summed E-state index contributed by atoms with van der Waals surface area (Å²) in [5.41, 5.74) is 1.83. The van der Waals surface area contributed by atoms with Gasteiger partial charge in [-0.25, -0.2) is 0 Å². The average molecular weight is 318 g/mol. The molecular formula is C20H30O3. The van der Waals surface area contributed by atoms with Crippen molar-refractivity contribution in [1.82, 2.24) is 0 Å². The smallest absolute Gasteiger partial charge is 0.127 e. The van der Waals surface area contributed by atoms with Crippen molar-refractivity contribution in [1.29, 1.82) is 0 Å². The van der Waals surface area contributed by atoms with Gasteiger partial charge in [-0.05, 0) is 63.6 Å². The van der Waals surface area contributed by atoms with E-state index in [2.05, 4.69) is 26.8 Å². The minimum absolute atomic E-state index is 0.196. The molecule has 0 saturated heterocycles. The highest BCUT2D eigenvalue weighted by Crippen LogP contribution is 2.54. The van der Waals surface area contributed by atoms with Gasteiger partial charge in [0.1, 0.15) is 17.1 Å². The van der Waals surface area contributed by atoms with Crippen LogP contribution in [0.15, 0.2) is 12.1 Å². The fourth-order valence-corrected chi connectivity index (χ4v) is 4.51. The minimum Gasteiger partial charge on any atom is -0.508 e. The van der Waals surface area contributed by atoms with Crippen molar-refractivity contribution in [2.45, 2.75) is 83.3 Å². The third kappa shape index (κ3) is 3.21. The zero-order valence-electron chi connectivity index (χ0n) is 14.6. The van der Waals surface area contributed by atoms with Crippen LogP contribution in [0.4, 0.5) is 0 Å². The van der Waals surface area contributed by atoms with Gasteiger partial charge < -0.3 is 14.9 Å². The Morgan fingerprint density at radius 2 is 2.00 bits per heavy atom. The van der Waals surface area contributed by atoms with Crippen molar-refractivity contribution >= 4 is 0 Å². The van der Waals surface area contributed by atoms with Crippen LogP contribution >= 0.6 is 0 Å². The lowest BCUT2D eigenvalue weighted by Crippen LogP contribution is -2.47. The molecule has 1 aliphatic carbocycles.